The van der Waals surface area contributed by atoms with E-state index in [1.54, 1.807) is 0 Å². The molecule has 1 heterocycles. The van der Waals surface area contributed by atoms with E-state index in [9.17, 15) is 5.11 Å². The van der Waals surface area contributed by atoms with E-state index in [1.165, 1.54) is 25.7 Å². The van der Waals surface area contributed by atoms with Crippen LogP contribution in [0.3, 0.4) is 0 Å². The summed E-state index contributed by atoms with van der Waals surface area (Å²) in [5, 5.41) is 10.3. The lowest BCUT2D eigenvalue weighted by Crippen LogP contribution is -2.52. The van der Waals surface area contributed by atoms with Crippen molar-refractivity contribution >= 4 is 0 Å². The van der Waals surface area contributed by atoms with Crippen molar-refractivity contribution in [3.63, 3.8) is 0 Å². The molecule has 1 unspecified atom stereocenters. The smallest absolute Gasteiger partial charge is 0.0727 e. The molecule has 2 nitrogen and oxygen atoms in total. The minimum Gasteiger partial charge on any atom is -0.391 e. The quantitative estimate of drug-likeness (QED) is 0.760. The molecule has 1 atom stereocenters. The molecule has 1 aliphatic rings. The normalized spacial score (nSPS) is 20.2. The molecule has 0 radical (unpaired) electrons. The molecule has 0 saturated carbocycles. The van der Waals surface area contributed by atoms with Gasteiger partial charge in [-0.25, -0.2) is 0 Å². The highest BCUT2D eigenvalue weighted by atomic mass is 16.3. The topological polar surface area (TPSA) is 23.5 Å². The Kier molecular flexibility index (Phi) is 6.02. The van der Waals surface area contributed by atoms with Crippen LogP contribution in [0.1, 0.15) is 59.3 Å². The minimum atomic E-state index is -0.276. The second kappa shape index (κ2) is 7.03. The lowest BCUT2D eigenvalue weighted by molar-refractivity contribution is -0.0118. The van der Waals surface area contributed by atoms with Gasteiger partial charge in [0.1, 0.15) is 0 Å². The van der Waals surface area contributed by atoms with Crippen LogP contribution in [0.4, 0.5) is 0 Å². The summed E-state index contributed by atoms with van der Waals surface area (Å²) in [5.41, 5.74) is -0.111. The van der Waals surface area contributed by atoms with Crippen LogP contribution in [0, 0.1) is 11.8 Å². The van der Waals surface area contributed by atoms with Gasteiger partial charge in [0.2, 0.25) is 0 Å². The molecular formula is C15H27NO. The van der Waals surface area contributed by atoms with E-state index >= 15 is 0 Å². The molecule has 1 aliphatic heterocycles. The molecule has 2 heteroatoms. The molecule has 0 spiro atoms. The zero-order valence-electron chi connectivity index (χ0n) is 11.6. The van der Waals surface area contributed by atoms with Gasteiger partial charge in [0.05, 0.1) is 6.10 Å². The molecule has 0 aliphatic carbocycles. The predicted octanol–water partition coefficient (Wildman–Crippen LogP) is 2.81. The zero-order chi connectivity index (χ0) is 12.7. The first-order valence-electron chi connectivity index (χ1n) is 6.91. The van der Waals surface area contributed by atoms with Crippen molar-refractivity contribution in [2.45, 2.75) is 70.9 Å². The Balaban J connectivity index is 2.53. The van der Waals surface area contributed by atoms with Crippen LogP contribution in [0.25, 0.3) is 0 Å². The van der Waals surface area contributed by atoms with Gasteiger partial charge in [-0.3, -0.25) is 4.90 Å². The fraction of sp³-hybridized carbons (Fsp3) is 0.867. The first-order valence-corrected chi connectivity index (χ1v) is 6.91. The third-order valence-corrected chi connectivity index (χ3v) is 3.96. The van der Waals surface area contributed by atoms with Gasteiger partial charge in [0.25, 0.3) is 0 Å². The summed E-state index contributed by atoms with van der Waals surface area (Å²) in [6.45, 7) is 8.45. The second-order valence-corrected chi connectivity index (χ2v) is 5.54. The summed E-state index contributed by atoms with van der Waals surface area (Å²) in [5.74, 6) is 5.93. The highest BCUT2D eigenvalue weighted by Gasteiger charge is 2.33. The Morgan fingerprint density at radius 3 is 2.29 bits per heavy atom. The van der Waals surface area contributed by atoms with Crippen LogP contribution in [0.5, 0.6) is 0 Å². The maximum atomic E-state index is 10.3. The Morgan fingerprint density at radius 1 is 1.18 bits per heavy atom. The van der Waals surface area contributed by atoms with E-state index in [1.807, 2.05) is 6.92 Å². The van der Waals surface area contributed by atoms with Gasteiger partial charge >= 0.3 is 0 Å². The number of nitrogens with zero attached hydrogens (tertiary/aromatic N) is 1. The van der Waals surface area contributed by atoms with Crippen molar-refractivity contribution < 1.29 is 5.11 Å². The molecule has 0 amide bonds. The van der Waals surface area contributed by atoms with Gasteiger partial charge in [0, 0.05) is 12.0 Å². The van der Waals surface area contributed by atoms with Crippen molar-refractivity contribution in [1.82, 2.24) is 4.90 Å². The maximum Gasteiger partial charge on any atom is 0.0727 e. The van der Waals surface area contributed by atoms with E-state index < -0.39 is 0 Å². The molecule has 98 valence electrons. The number of hydrogen-bond donors (Lipinski definition) is 1. The van der Waals surface area contributed by atoms with Gasteiger partial charge in [-0.15, -0.1) is 11.8 Å². The summed E-state index contributed by atoms with van der Waals surface area (Å²) in [4.78, 5) is 2.46. The monoisotopic (exact) mass is 237 g/mol. The summed E-state index contributed by atoms with van der Waals surface area (Å²) in [7, 11) is 0. The predicted molar refractivity (Wildman–Crippen MR) is 72.8 cm³/mol. The van der Waals surface area contributed by atoms with Crippen LogP contribution in [-0.2, 0) is 0 Å². The summed E-state index contributed by atoms with van der Waals surface area (Å²) < 4.78 is 0. The second-order valence-electron chi connectivity index (χ2n) is 5.54. The van der Waals surface area contributed by atoms with E-state index in [0.717, 1.165) is 25.9 Å². The van der Waals surface area contributed by atoms with E-state index in [4.69, 9.17) is 0 Å². The van der Waals surface area contributed by atoms with Gasteiger partial charge in [-0.2, -0.15) is 0 Å². The van der Waals surface area contributed by atoms with Crippen molar-refractivity contribution in [3.05, 3.63) is 0 Å². The Hall–Kier alpha value is -0.520. The van der Waals surface area contributed by atoms with Crippen molar-refractivity contribution in [2.75, 3.05) is 13.1 Å². The standard InChI is InChI=1S/C15H27NO/c1-4-5-8-11-14(17)15(2,3)16-12-9-6-7-10-13-16/h14,17H,6-13H2,1-3H3. The minimum absolute atomic E-state index is 0.111. The molecule has 0 aromatic rings. The third-order valence-electron chi connectivity index (χ3n) is 3.96. The van der Waals surface area contributed by atoms with Crippen molar-refractivity contribution in [3.8, 4) is 11.8 Å². The molecule has 1 saturated heterocycles. The van der Waals surface area contributed by atoms with Crippen LogP contribution in [0.15, 0.2) is 0 Å². The van der Waals surface area contributed by atoms with E-state index in [2.05, 4.69) is 30.6 Å². The lowest BCUT2D eigenvalue weighted by Gasteiger charge is -2.41. The maximum absolute atomic E-state index is 10.3. The van der Waals surface area contributed by atoms with E-state index in [-0.39, 0.29) is 11.6 Å². The van der Waals surface area contributed by atoms with Crippen molar-refractivity contribution in [1.29, 1.82) is 0 Å². The summed E-state index contributed by atoms with van der Waals surface area (Å²) in [6, 6.07) is 0. The fourth-order valence-electron chi connectivity index (χ4n) is 2.54. The molecule has 1 fully saturated rings. The third kappa shape index (κ3) is 4.33. The molecule has 1 N–H and O–H groups in total. The zero-order valence-corrected chi connectivity index (χ0v) is 11.6. The van der Waals surface area contributed by atoms with Crippen LogP contribution >= 0.6 is 0 Å². The highest BCUT2D eigenvalue weighted by Crippen LogP contribution is 2.25. The number of aliphatic hydroxyl groups excluding tert-OH is 1. The van der Waals surface area contributed by atoms with Crippen LogP contribution in [0.2, 0.25) is 0 Å². The van der Waals surface area contributed by atoms with Gasteiger partial charge < -0.3 is 5.11 Å². The summed E-state index contributed by atoms with van der Waals surface area (Å²) >= 11 is 0. The Morgan fingerprint density at radius 2 is 1.76 bits per heavy atom. The van der Waals surface area contributed by atoms with Gasteiger partial charge in [-0.1, -0.05) is 12.8 Å². The number of rotatable bonds is 4. The van der Waals surface area contributed by atoms with Crippen LogP contribution in [-0.4, -0.2) is 34.7 Å². The number of likely N-dealkylation sites (tertiary alicyclic amines) is 1. The fourth-order valence-corrected chi connectivity index (χ4v) is 2.54. The number of aliphatic hydroxyl groups is 1. The first-order chi connectivity index (χ1) is 8.09. The average Bonchev–Trinajstić information content (AvgIpc) is 2.58. The number of hydrogen-bond acceptors (Lipinski definition) is 2. The Labute approximate surface area is 106 Å². The average molecular weight is 237 g/mol. The van der Waals surface area contributed by atoms with Gasteiger partial charge in [-0.05, 0) is 53.1 Å². The van der Waals surface area contributed by atoms with Crippen LogP contribution < -0.4 is 0 Å². The summed E-state index contributed by atoms with van der Waals surface area (Å²) in [6.07, 6.45) is 6.52. The molecule has 1 rings (SSSR count). The molecule has 0 aromatic carbocycles. The largest absolute Gasteiger partial charge is 0.391 e. The SMILES string of the molecule is CC#CCCC(O)C(C)(C)N1CCCCCC1. The van der Waals surface area contributed by atoms with E-state index in [0.29, 0.717) is 0 Å². The molecule has 0 aromatic heterocycles. The molecule has 17 heavy (non-hydrogen) atoms. The highest BCUT2D eigenvalue weighted by molar-refractivity contribution is 4.97. The van der Waals surface area contributed by atoms with Crippen molar-refractivity contribution in [2.24, 2.45) is 0 Å². The van der Waals surface area contributed by atoms with Gasteiger partial charge in [0.15, 0.2) is 0 Å². The first kappa shape index (κ1) is 14.5. The Bertz CT molecular complexity index is 266. The molecular weight excluding hydrogens is 210 g/mol. The lowest BCUT2D eigenvalue weighted by atomic mass is 9.91. The molecule has 0 bridgehead atoms.